The molecule has 2 heterocycles. The van der Waals surface area contributed by atoms with E-state index in [0.29, 0.717) is 0 Å². The number of thiophene rings is 1. The van der Waals surface area contributed by atoms with Crippen molar-refractivity contribution in [1.29, 1.82) is 0 Å². The molecule has 0 bridgehead atoms. The van der Waals surface area contributed by atoms with Gasteiger partial charge in [0.15, 0.2) is 5.58 Å². The highest BCUT2D eigenvalue weighted by atomic mass is 79.9. The standard InChI is InChI=1S/C14H6Br2OS/c15-7-1-3-9-11(5-7)17-13-10-4-2-8(16)6-12(10)18-14(9)13/h1-6H. The Morgan fingerprint density at radius 1 is 0.889 bits per heavy atom. The van der Waals surface area contributed by atoms with Gasteiger partial charge in [0.25, 0.3) is 0 Å². The van der Waals surface area contributed by atoms with Crippen LogP contribution in [0, 0.1) is 0 Å². The molecule has 0 spiro atoms. The summed E-state index contributed by atoms with van der Waals surface area (Å²) in [4.78, 5) is 0. The largest absolute Gasteiger partial charge is 0.454 e. The van der Waals surface area contributed by atoms with Gasteiger partial charge in [-0.1, -0.05) is 31.9 Å². The highest BCUT2D eigenvalue weighted by molar-refractivity contribution is 9.10. The van der Waals surface area contributed by atoms with Crippen LogP contribution in [0.25, 0.3) is 31.3 Å². The number of halogens is 2. The van der Waals surface area contributed by atoms with E-state index in [1.54, 1.807) is 11.3 Å². The minimum absolute atomic E-state index is 0.940. The van der Waals surface area contributed by atoms with Gasteiger partial charge in [-0.25, -0.2) is 0 Å². The van der Waals surface area contributed by atoms with E-state index >= 15 is 0 Å². The molecule has 4 heteroatoms. The number of furan rings is 1. The molecule has 0 saturated heterocycles. The fourth-order valence-corrected chi connectivity index (χ4v) is 4.26. The first-order chi connectivity index (χ1) is 8.72. The van der Waals surface area contributed by atoms with Crippen LogP contribution in [0.15, 0.2) is 49.8 Å². The third-order valence-corrected chi connectivity index (χ3v) is 5.16. The Kier molecular flexibility index (Phi) is 2.34. The van der Waals surface area contributed by atoms with Crippen LogP contribution in [0.3, 0.4) is 0 Å². The summed E-state index contributed by atoms with van der Waals surface area (Å²) in [6.45, 7) is 0. The van der Waals surface area contributed by atoms with Crippen LogP contribution >= 0.6 is 43.2 Å². The molecule has 4 rings (SSSR count). The maximum Gasteiger partial charge on any atom is 0.154 e. The second kappa shape index (κ2) is 3.83. The molecule has 18 heavy (non-hydrogen) atoms. The first-order valence-electron chi connectivity index (χ1n) is 5.42. The van der Waals surface area contributed by atoms with Gasteiger partial charge >= 0.3 is 0 Å². The Morgan fingerprint density at radius 2 is 1.61 bits per heavy atom. The van der Waals surface area contributed by atoms with E-state index in [9.17, 15) is 0 Å². The SMILES string of the molecule is Brc1ccc2c(c1)oc1c3ccc(Br)cc3sc21. The van der Waals surface area contributed by atoms with Crippen molar-refractivity contribution >= 4 is 74.5 Å². The lowest BCUT2D eigenvalue weighted by Gasteiger charge is -1.92. The predicted octanol–water partition coefficient (Wildman–Crippen LogP) is 6.33. The van der Waals surface area contributed by atoms with E-state index in [0.717, 1.165) is 20.1 Å². The predicted molar refractivity (Wildman–Crippen MR) is 84.5 cm³/mol. The molecule has 0 amide bonds. The molecule has 0 aliphatic carbocycles. The lowest BCUT2D eigenvalue weighted by atomic mass is 10.2. The fraction of sp³-hybridized carbons (Fsp3) is 0. The maximum atomic E-state index is 5.99. The first kappa shape index (κ1) is 11.0. The summed E-state index contributed by atoms with van der Waals surface area (Å²) in [5.41, 5.74) is 1.94. The normalized spacial score (nSPS) is 11.9. The number of hydrogen-bond donors (Lipinski definition) is 0. The summed E-state index contributed by atoms with van der Waals surface area (Å²) in [5, 5.41) is 2.37. The van der Waals surface area contributed by atoms with E-state index in [-0.39, 0.29) is 0 Å². The van der Waals surface area contributed by atoms with E-state index in [1.165, 1.54) is 20.2 Å². The van der Waals surface area contributed by atoms with Crippen molar-refractivity contribution in [2.24, 2.45) is 0 Å². The van der Waals surface area contributed by atoms with E-state index in [2.05, 4.69) is 62.2 Å². The van der Waals surface area contributed by atoms with E-state index in [4.69, 9.17) is 4.42 Å². The smallest absolute Gasteiger partial charge is 0.154 e. The molecule has 0 atom stereocenters. The van der Waals surface area contributed by atoms with E-state index in [1.807, 2.05) is 6.07 Å². The molecule has 0 aliphatic heterocycles. The molecule has 0 N–H and O–H groups in total. The fourth-order valence-electron chi connectivity index (χ4n) is 2.20. The molecule has 0 radical (unpaired) electrons. The van der Waals surface area contributed by atoms with Crippen LogP contribution in [-0.4, -0.2) is 0 Å². The summed E-state index contributed by atoms with van der Waals surface area (Å²) < 4.78 is 10.6. The average molecular weight is 382 g/mol. The van der Waals surface area contributed by atoms with Gasteiger partial charge in [-0.15, -0.1) is 11.3 Å². The second-order valence-corrected chi connectivity index (χ2v) is 7.03. The summed E-state index contributed by atoms with van der Waals surface area (Å²) in [5.74, 6) is 0. The monoisotopic (exact) mass is 380 g/mol. The van der Waals surface area contributed by atoms with E-state index < -0.39 is 0 Å². The van der Waals surface area contributed by atoms with Gasteiger partial charge in [-0.2, -0.15) is 0 Å². The number of benzene rings is 2. The summed E-state index contributed by atoms with van der Waals surface area (Å²) in [7, 11) is 0. The van der Waals surface area contributed by atoms with Gasteiger partial charge in [-0.3, -0.25) is 0 Å². The van der Waals surface area contributed by atoms with Crippen molar-refractivity contribution in [3.63, 3.8) is 0 Å². The van der Waals surface area contributed by atoms with Gasteiger partial charge in [-0.05, 0) is 36.4 Å². The average Bonchev–Trinajstić information content (AvgIpc) is 2.83. The van der Waals surface area contributed by atoms with Crippen molar-refractivity contribution in [3.05, 3.63) is 45.3 Å². The minimum Gasteiger partial charge on any atom is -0.454 e. The zero-order valence-electron chi connectivity index (χ0n) is 9.04. The zero-order valence-corrected chi connectivity index (χ0v) is 13.0. The number of hydrogen-bond acceptors (Lipinski definition) is 2. The summed E-state index contributed by atoms with van der Waals surface area (Å²) >= 11 is 8.76. The highest BCUT2D eigenvalue weighted by Gasteiger charge is 2.13. The maximum absolute atomic E-state index is 5.99. The molecule has 0 aliphatic rings. The quantitative estimate of drug-likeness (QED) is 0.347. The minimum atomic E-state index is 0.940. The number of rotatable bonds is 0. The second-order valence-electron chi connectivity index (χ2n) is 4.14. The van der Waals surface area contributed by atoms with Gasteiger partial charge in [0.1, 0.15) is 5.58 Å². The lowest BCUT2D eigenvalue weighted by Crippen LogP contribution is -1.65. The molecule has 0 fully saturated rings. The van der Waals surface area contributed by atoms with Crippen LogP contribution in [0.1, 0.15) is 0 Å². The van der Waals surface area contributed by atoms with Crippen molar-refractivity contribution < 1.29 is 4.42 Å². The summed E-state index contributed by atoms with van der Waals surface area (Å²) in [6, 6.07) is 12.5. The van der Waals surface area contributed by atoms with Crippen LogP contribution in [0.4, 0.5) is 0 Å². The summed E-state index contributed by atoms with van der Waals surface area (Å²) in [6.07, 6.45) is 0. The molecule has 2 aromatic heterocycles. The van der Waals surface area contributed by atoms with Crippen LogP contribution in [-0.2, 0) is 0 Å². The van der Waals surface area contributed by atoms with Crippen molar-refractivity contribution in [3.8, 4) is 0 Å². The number of fused-ring (bicyclic) bond motifs is 5. The molecule has 2 aromatic carbocycles. The Hall–Kier alpha value is -0.840. The van der Waals surface area contributed by atoms with Gasteiger partial charge in [0.05, 0.1) is 4.70 Å². The van der Waals surface area contributed by atoms with Crippen molar-refractivity contribution in [2.45, 2.75) is 0 Å². The van der Waals surface area contributed by atoms with Crippen molar-refractivity contribution in [1.82, 2.24) is 0 Å². The molecule has 4 aromatic rings. The zero-order chi connectivity index (χ0) is 12.3. The Morgan fingerprint density at radius 3 is 2.44 bits per heavy atom. The molecule has 0 unspecified atom stereocenters. The van der Waals surface area contributed by atoms with Crippen LogP contribution < -0.4 is 0 Å². The molecular weight excluding hydrogens is 376 g/mol. The first-order valence-corrected chi connectivity index (χ1v) is 7.82. The molecule has 1 nitrogen and oxygen atoms in total. The molecule has 0 saturated carbocycles. The molecular formula is C14H6Br2OS. The Bertz CT molecular complexity index is 828. The van der Waals surface area contributed by atoms with Gasteiger partial charge in [0.2, 0.25) is 0 Å². The Labute approximate surface area is 124 Å². The topological polar surface area (TPSA) is 13.1 Å². The highest BCUT2D eigenvalue weighted by Crippen LogP contribution is 2.41. The van der Waals surface area contributed by atoms with Crippen molar-refractivity contribution in [2.75, 3.05) is 0 Å². The van der Waals surface area contributed by atoms with Gasteiger partial charge < -0.3 is 4.42 Å². The third-order valence-electron chi connectivity index (χ3n) is 3.01. The lowest BCUT2D eigenvalue weighted by molar-refractivity contribution is 0.673. The Balaban J connectivity index is 2.23. The third kappa shape index (κ3) is 1.49. The van der Waals surface area contributed by atoms with Gasteiger partial charge in [0, 0.05) is 24.4 Å². The van der Waals surface area contributed by atoms with Crippen LogP contribution in [0.2, 0.25) is 0 Å². The van der Waals surface area contributed by atoms with Crippen LogP contribution in [0.5, 0.6) is 0 Å². The molecule has 88 valence electrons.